The Hall–Kier alpha value is -2.44. The van der Waals surface area contributed by atoms with Gasteiger partial charge in [0.2, 0.25) is 0 Å². The normalized spacial score (nSPS) is 18.6. The second-order valence-electron chi connectivity index (χ2n) is 5.95. The minimum Gasteiger partial charge on any atom is -0.382 e. The number of halogens is 1. The van der Waals surface area contributed by atoms with Crippen molar-refractivity contribution in [1.29, 1.82) is 0 Å². The van der Waals surface area contributed by atoms with Crippen LogP contribution in [0.15, 0.2) is 47.7 Å². The highest BCUT2D eigenvalue weighted by Gasteiger charge is 2.20. The molecule has 1 atom stereocenters. The smallest absolute Gasteiger partial charge is 0.150 e. The Kier molecular flexibility index (Phi) is 4.38. The molecule has 4 rings (SSSR count). The molecule has 0 aliphatic carbocycles. The van der Waals surface area contributed by atoms with Crippen LogP contribution in [0.5, 0.6) is 0 Å². The zero-order valence-corrected chi connectivity index (χ0v) is 14.4. The van der Waals surface area contributed by atoms with Crippen LogP contribution < -0.4 is 5.73 Å². The fourth-order valence-electron chi connectivity index (χ4n) is 3.01. The van der Waals surface area contributed by atoms with Gasteiger partial charge in [0.25, 0.3) is 0 Å². The lowest BCUT2D eigenvalue weighted by molar-refractivity contribution is -0.0366. The van der Waals surface area contributed by atoms with E-state index in [4.69, 9.17) is 22.1 Å². The van der Waals surface area contributed by atoms with E-state index in [9.17, 15) is 0 Å². The van der Waals surface area contributed by atoms with Crippen LogP contribution in [-0.4, -0.2) is 27.2 Å². The molecule has 2 N–H and O–H groups in total. The van der Waals surface area contributed by atoms with E-state index in [-0.39, 0.29) is 6.23 Å². The lowest BCUT2D eigenvalue weighted by atomic mass is 10.2. The third kappa shape index (κ3) is 3.10. The number of nitrogens with zero attached hydrogens (tertiary/aromatic N) is 4. The van der Waals surface area contributed by atoms with E-state index in [1.807, 2.05) is 35.0 Å². The fourth-order valence-corrected chi connectivity index (χ4v) is 3.26. The highest BCUT2D eigenvalue weighted by molar-refractivity contribution is 6.38. The van der Waals surface area contributed by atoms with Crippen molar-refractivity contribution in [3.8, 4) is 0 Å². The van der Waals surface area contributed by atoms with Gasteiger partial charge in [0, 0.05) is 18.2 Å². The third-order valence-electron chi connectivity index (χ3n) is 4.29. The highest BCUT2D eigenvalue weighted by atomic mass is 35.5. The van der Waals surface area contributed by atoms with Crippen LogP contribution in [0.1, 0.15) is 31.2 Å². The average Bonchev–Trinajstić information content (AvgIpc) is 3.10. The van der Waals surface area contributed by atoms with Crippen LogP contribution in [0.25, 0.3) is 10.9 Å². The summed E-state index contributed by atoms with van der Waals surface area (Å²) in [6.07, 6.45) is 6.60. The molecular weight excluding hydrogens is 338 g/mol. The van der Waals surface area contributed by atoms with Gasteiger partial charge in [-0.3, -0.25) is 4.98 Å². The number of pyridine rings is 1. The third-order valence-corrected chi connectivity index (χ3v) is 4.69. The molecule has 2 aromatic heterocycles. The average molecular weight is 356 g/mol. The van der Waals surface area contributed by atoms with Crippen molar-refractivity contribution in [3.05, 3.63) is 53.4 Å². The molecule has 6 nitrogen and oxygen atoms in total. The number of ether oxygens (including phenoxy) is 1. The Balaban J connectivity index is 1.71. The first-order valence-corrected chi connectivity index (χ1v) is 8.65. The van der Waals surface area contributed by atoms with E-state index in [0.717, 1.165) is 36.8 Å². The molecule has 25 heavy (non-hydrogen) atoms. The zero-order valence-electron chi connectivity index (χ0n) is 13.6. The van der Waals surface area contributed by atoms with E-state index >= 15 is 0 Å². The van der Waals surface area contributed by atoms with Crippen molar-refractivity contribution in [2.75, 3.05) is 6.61 Å². The molecule has 1 saturated heterocycles. The minimum absolute atomic E-state index is 0.0322. The maximum absolute atomic E-state index is 6.55. The number of benzene rings is 1. The molecular formula is C18H18ClN5O. The van der Waals surface area contributed by atoms with Crippen molar-refractivity contribution >= 4 is 34.0 Å². The van der Waals surface area contributed by atoms with E-state index in [2.05, 4.69) is 15.1 Å². The minimum atomic E-state index is -0.0322. The standard InChI is InChI=1S/C18H18ClN5O/c19-17-12-11-22-24(16-6-2-4-10-25-16)15(12)8-7-13(17)23-18(20)14-5-1-3-9-21-14/h1,3,5,7-9,11,16H,2,4,6,10H2,(H2,20,23). The summed E-state index contributed by atoms with van der Waals surface area (Å²) in [5.74, 6) is 0.324. The van der Waals surface area contributed by atoms with Gasteiger partial charge in [-0.1, -0.05) is 17.7 Å². The number of nitrogens with two attached hydrogens (primary N) is 1. The highest BCUT2D eigenvalue weighted by Crippen LogP contribution is 2.35. The SMILES string of the molecule is NC(=Nc1ccc2c(cnn2C2CCCCO2)c1Cl)c1ccccn1. The van der Waals surface area contributed by atoms with Crippen LogP contribution >= 0.6 is 11.6 Å². The lowest BCUT2D eigenvalue weighted by Crippen LogP contribution is -2.18. The van der Waals surface area contributed by atoms with Crippen molar-refractivity contribution in [3.63, 3.8) is 0 Å². The molecule has 1 aliphatic heterocycles. The maximum atomic E-state index is 6.55. The van der Waals surface area contributed by atoms with Gasteiger partial charge < -0.3 is 10.5 Å². The largest absolute Gasteiger partial charge is 0.382 e. The summed E-state index contributed by atoms with van der Waals surface area (Å²) in [6, 6.07) is 9.31. The zero-order chi connectivity index (χ0) is 17.2. The molecule has 3 heterocycles. The van der Waals surface area contributed by atoms with E-state index in [1.54, 1.807) is 12.4 Å². The van der Waals surface area contributed by atoms with Crippen molar-refractivity contribution in [2.45, 2.75) is 25.5 Å². The number of rotatable bonds is 3. The van der Waals surface area contributed by atoms with Crippen LogP contribution in [-0.2, 0) is 4.74 Å². The van der Waals surface area contributed by atoms with Gasteiger partial charge in [-0.25, -0.2) is 9.67 Å². The second-order valence-corrected chi connectivity index (χ2v) is 6.33. The molecule has 7 heteroatoms. The molecule has 1 unspecified atom stereocenters. The van der Waals surface area contributed by atoms with Crippen LogP contribution in [0, 0.1) is 0 Å². The summed E-state index contributed by atoms with van der Waals surface area (Å²) >= 11 is 6.55. The van der Waals surface area contributed by atoms with Crippen molar-refractivity contribution in [2.24, 2.45) is 10.7 Å². The van der Waals surface area contributed by atoms with Gasteiger partial charge in [-0.15, -0.1) is 0 Å². The molecule has 3 aromatic rings. The van der Waals surface area contributed by atoms with Gasteiger partial charge in [0.15, 0.2) is 6.23 Å². The summed E-state index contributed by atoms with van der Waals surface area (Å²) in [6.45, 7) is 0.767. The van der Waals surface area contributed by atoms with Crippen LogP contribution in [0.3, 0.4) is 0 Å². The lowest BCUT2D eigenvalue weighted by Gasteiger charge is -2.23. The first kappa shape index (κ1) is 16.1. The molecule has 1 aromatic carbocycles. The molecule has 128 valence electrons. The quantitative estimate of drug-likeness (QED) is 0.572. The summed E-state index contributed by atoms with van der Waals surface area (Å²) < 4.78 is 7.72. The predicted octanol–water partition coefficient (Wildman–Crippen LogP) is 3.82. The van der Waals surface area contributed by atoms with Crippen molar-refractivity contribution < 1.29 is 4.74 Å². The summed E-state index contributed by atoms with van der Waals surface area (Å²) in [7, 11) is 0. The molecule has 0 radical (unpaired) electrons. The van der Waals surface area contributed by atoms with Gasteiger partial charge in [-0.2, -0.15) is 5.10 Å². The van der Waals surface area contributed by atoms with Crippen LogP contribution in [0.2, 0.25) is 5.02 Å². The Morgan fingerprint density at radius 3 is 2.96 bits per heavy atom. The van der Waals surface area contributed by atoms with E-state index in [0.29, 0.717) is 22.2 Å². The number of hydrogen-bond donors (Lipinski definition) is 1. The molecule has 1 fully saturated rings. The molecule has 0 spiro atoms. The molecule has 0 saturated carbocycles. The number of hydrogen-bond acceptors (Lipinski definition) is 4. The molecule has 0 amide bonds. The summed E-state index contributed by atoms with van der Waals surface area (Å²) in [5.41, 5.74) is 8.20. The van der Waals surface area contributed by atoms with Gasteiger partial charge in [-0.05, 0) is 43.5 Å². The topological polar surface area (TPSA) is 78.3 Å². The molecule has 1 aliphatic rings. The first-order valence-electron chi connectivity index (χ1n) is 8.27. The monoisotopic (exact) mass is 355 g/mol. The Labute approximate surface area is 150 Å². The van der Waals surface area contributed by atoms with E-state index in [1.165, 1.54) is 0 Å². The Morgan fingerprint density at radius 1 is 1.28 bits per heavy atom. The summed E-state index contributed by atoms with van der Waals surface area (Å²) in [4.78, 5) is 8.63. The van der Waals surface area contributed by atoms with Gasteiger partial charge >= 0.3 is 0 Å². The first-order chi connectivity index (χ1) is 12.2. The van der Waals surface area contributed by atoms with Gasteiger partial charge in [0.05, 0.1) is 22.4 Å². The number of aliphatic imine (C=N–C) groups is 1. The second kappa shape index (κ2) is 6.82. The summed E-state index contributed by atoms with van der Waals surface area (Å²) in [5, 5.41) is 5.84. The van der Waals surface area contributed by atoms with Gasteiger partial charge in [0.1, 0.15) is 11.5 Å². The maximum Gasteiger partial charge on any atom is 0.150 e. The fraction of sp³-hybridized carbons (Fsp3) is 0.278. The molecule has 0 bridgehead atoms. The van der Waals surface area contributed by atoms with Crippen molar-refractivity contribution in [1.82, 2.24) is 14.8 Å². The predicted molar refractivity (Wildman–Crippen MR) is 98.2 cm³/mol. The number of amidine groups is 1. The number of aromatic nitrogens is 3. The number of fused-ring (bicyclic) bond motifs is 1. The Bertz CT molecular complexity index is 916. The Morgan fingerprint density at radius 2 is 2.20 bits per heavy atom. The van der Waals surface area contributed by atoms with E-state index < -0.39 is 0 Å². The van der Waals surface area contributed by atoms with Crippen LogP contribution in [0.4, 0.5) is 5.69 Å².